The summed E-state index contributed by atoms with van der Waals surface area (Å²) in [5.74, 6) is 1.05. The Kier molecular flexibility index (Phi) is 4.98. The van der Waals surface area contributed by atoms with Gasteiger partial charge in [0.1, 0.15) is 0 Å². The first-order chi connectivity index (χ1) is 12.7. The number of ether oxygens (including phenoxy) is 1. The maximum absolute atomic E-state index is 12.7. The van der Waals surface area contributed by atoms with Gasteiger partial charge in [-0.2, -0.15) is 0 Å². The molecule has 3 fully saturated rings. The lowest BCUT2D eigenvalue weighted by molar-refractivity contribution is -0.140. The van der Waals surface area contributed by atoms with Crippen LogP contribution in [0.2, 0.25) is 0 Å². The standard InChI is InChI=1S/C19H28N4O3/c1-2-20-19(22-11-14-4-3-9-26-14)21-7-8-23-17(24)15-12-5-6-13(10-12)16(15)18(23)25/h5-6,12-16H,2-4,7-11H2,1H3,(H2,20,21,22). The number of imide groups is 1. The Morgan fingerprint density at radius 1 is 1.23 bits per heavy atom. The van der Waals surface area contributed by atoms with Crippen LogP contribution in [-0.4, -0.2) is 61.6 Å². The molecule has 2 heterocycles. The van der Waals surface area contributed by atoms with E-state index in [-0.39, 0.29) is 41.6 Å². The summed E-state index contributed by atoms with van der Waals surface area (Å²) in [6, 6.07) is 0. The van der Waals surface area contributed by atoms with Gasteiger partial charge in [0.15, 0.2) is 5.96 Å². The first-order valence-corrected chi connectivity index (χ1v) is 9.86. The molecular weight excluding hydrogens is 332 g/mol. The minimum absolute atomic E-state index is 0.0138. The average molecular weight is 360 g/mol. The van der Waals surface area contributed by atoms with E-state index < -0.39 is 0 Å². The highest BCUT2D eigenvalue weighted by Crippen LogP contribution is 2.52. The molecule has 142 valence electrons. The van der Waals surface area contributed by atoms with Crippen molar-refractivity contribution >= 4 is 17.8 Å². The van der Waals surface area contributed by atoms with E-state index in [0.717, 1.165) is 32.4 Å². The average Bonchev–Trinajstić information content (AvgIpc) is 3.40. The largest absolute Gasteiger partial charge is 0.376 e. The number of likely N-dealkylation sites (tertiary alicyclic amines) is 1. The van der Waals surface area contributed by atoms with Gasteiger partial charge >= 0.3 is 0 Å². The quantitative estimate of drug-likeness (QED) is 0.312. The summed E-state index contributed by atoms with van der Waals surface area (Å²) in [7, 11) is 0. The molecule has 0 spiro atoms. The van der Waals surface area contributed by atoms with Gasteiger partial charge in [-0.25, -0.2) is 0 Å². The number of hydrogen-bond donors (Lipinski definition) is 2. The van der Waals surface area contributed by atoms with Crippen molar-refractivity contribution in [3.05, 3.63) is 12.2 Å². The van der Waals surface area contributed by atoms with E-state index in [0.29, 0.717) is 25.6 Å². The first-order valence-electron chi connectivity index (χ1n) is 9.86. The maximum atomic E-state index is 12.7. The van der Waals surface area contributed by atoms with E-state index >= 15 is 0 Å². The lowest BCUT2D eigenvalue weighted by Crippen LogP contribution is -2.44. The minimum Gasteiger partial charge on any atom is -0.376 e. The van der Waals surface area contributed by atoms with Crippen LogP contribution in [0.15, 0.2) is 17.1 Å². The molecular formula is C19H28N4O3. The van der Waals surface area contributed by atoms with E-state index in [4.69, 9.17) is 4.74 Å². The third kappa shape index (κ3) is 3.13. The molecule has 2 N–H and O–H groups in total. The van der Waals surface area contributed by atoms with Gasteiger partial charge in [-0.15, -0.1) is 0 Å². The molecule has 2 saturated heterocycles. The summed E-state index contributed by atoms with van der Waals surface area (Å²) < 4.78 is 5.60. The first kappa shape index (κ1) is 17.5. The van der Waals surface area contributed by atoms with Gasteiger partial charge in [0.25, 0.3) is 0 Å². The molecule has 7 heteroatoms. The van der Waals surface area contributed by atoms with Crippen LogP contribution in [0.4, 0.5) is 0 Å². The summed E-state index contributed by atoms with van der Waals surface area (Å²) in [5, 5.41) is 6.44. The number of nitrogens with zero attached hydrogens (tertiary/aromatic N) is 2. The van der Waals surface area contributed by atoms with Crippen LogP contribution in [0, 0.1) is 23.7 Å². The van der Waals surface area contributed by atoms with E-state index in [1.807, 2.05) is 6.92 Å². The number of carbonyl (C=O) groups is 2. The Labute approximate surface area is 154 Å². The fraction of sp³-hybridized carbons (Fsp3) is 0.737. The molecule has 4 aliphatic rings. The van der Waals surface area contributed by atoms with Crippen molar-refractivity contribution in [1.82, 2.24) is 15.5 Å². The van der Waals surface area contributed by atoms with Crippen LogP contribution in [0.25, 0.3) is 0 Å². The van der Waals surface area contributed by atoms with Gasteiger partial charge in [-0.3, -0.25) is 19.5 Å². The number of allylic oxidation sites excluding steroid dienone is 2. The van der Waals surface area contributed by atoms with E-state index in [9.17, 15) is 9.59 Å². The van der Waals surface area contributed by atoms with Crippen molar-refractivity contribution in [2.24, 2.45) is 28.7 Å². The Balaban J connectivity index is 1.30. The number of fused-ring (bicyclic) bond motifs is 5. The fourth-order valence-corrected chi connectivity index (χ4v) is 4.79. The number of nitrogens with one attached hydrogen (secondary N) is 2. The molecule has 0 radical (unpaired) electrons. The van der Waals surface area contributed by atoms with Crippen LogP contribution >= 0.6 is 0 Å². The second-order valence-corrected chi connectivity index (χ2v) is 7.61. The van der Waals surface area contributed by atoms with Crippen molar-refractivity contribution in [3.63, 3.8) is 0 Å². The van der Waals surface area contributed by atoms with Crippen molar-refractivity contribution in [1.29, 1.82) is 0 Å². The third-order valence-corrected chi connectivity index (χ3v) is 6.01. The zero-order valence-corrected chi connectivity index (χ0v) is 15.3. The van der Waals surface area contributed by atoms with Gasteiger partial charge in [0.05, 0.1) is 24.5 Å². The lowest BCUT2D eigenvalue weighted by Gasteiger charge is -2.19. The number of rotatable bonds is 6. The SMILES string of the molecule is CCNC(=NCC1CCCO1)NCCN1C(=O)C2C3C=CC(C3)C2C1=O. The molecule has 1 saturated carbocycles. The van der Waals surface area contributed by atoms with Gasteiger partial charge in [0, 0.05) is 26.2 Å². The molecule has 2 bridgehead atoms. The Hall–Kier alpha value is -1.89. The molecule has 26 heavy (non-hydrogen) atoms. The molecule has 2 amide bonds. The van der Waals surface area contributed by atoms with Crippen LogP contribution in [0.3, 0.4) is 0 Å². The molecule has 0 aromatic carbocycles. The van der Waals surface area contributed by atoms with Crippen molar-refractivity contribution in [2.45, 2.75) is 32.3 Å². The third-order valence-electron chi connectivity index (χ3n) is 6.01. The predicted octanol–water partition coefficient (Wildman–Crippen LogP) is 0.528. The molecule has 5 atom stereocenters. The lowest BCUT2D eigenvalue weighted by atomic mass is 9.85. The topological polar surface area (TPSA) is 83.0 Å². The van der Waals surface area contributed by atoms with Crippen LogP contribution in [-0.2, 0) is 14.3 Å². The van der Waals surface area contributed by atoms with E-state index in [2.05, 4.69) is 27.8 Å². The van der Waals surface area contributed by atoms with Crippen molar-refractivity contribution in [2.75, 3.05) is 32.8 Å². The predicted molar refractivity (Wildman–Crippen MR) is 97.4 cm³/mol. The highest BCUT2D eigenvalue weighted by atomic mass is 16.5. The van der Waals surface area contributed by atoms with Crippen LogP contribution < -0.4 is 10.6 Å². The van der Waals surface area contributed by atoms with Crippen LogP contribution in [0.1, 0.15) is 26.2 Å². The Morgan fingerprint density at radius 3 is 2.58 bits per heavy atom. The number of aliphatic imine (C=N–C) groups is 1. The molecule has 4 rings (SSSR count). The second kappa shape index (κ2) is 7.39. The van der Waals surface area contributed by atoms with Crippen molar-refractivity contribution in [3.8, 4) is 0 Å². The Bertz CT molecular complexity index is 596. The molecule has 5 unspecified atom stereocenters. The number of carbonyl (C=O) groups excluding carboxylic acids is 2. The molecule has 0 aromatic heterocycles. The van der Waals surface area contributed by atoms with Crippen LogP contribution in [0.5, 0.6) is 0 Å². The summed E-state index contributed by atoms with van der Waals surface area (Å²) in [4.78, 5) is 31.4. The number of guanidine groups is 1. The smallest absolute Gasteiger partial charge is 0.233 e. The van der Waals surface area contributed by atoms with E-state index in [1.165, 1.54) is 4.90 Å². The zero-order valence-electron chi connectivity index (χ0n) is 15.3. The van der Waals surface area contributed by atoms with Gasteiger partial charge in [-0.1, -0.05) is 12.2 Å². The zero-order chi connectivity index (χ0) is 18.1. The summed E-state index contributed by atoms with van der Waals surface area (Å²) in [6.07, 6.45) is 7.58. The second-order valence-electron chi connectivity index (χ2n) is 7.61. The van der Waals surface area contributed by atoms with E-state index in [1.54, 1.807) is 0 Å². The molecule has 7 nitrogen and oxygen atoms in total. The van der Waals surface area contributed by atoms with Gasteiger partial charge in [0.2, 0.25) is 11.8 Å². The maximum Gasteiger partial charge on any atom is 0.233 e. The number of hydrogen-bond acceptors (Lipinski definition) is 4. The summed E-state index contributed by atoms with van der Waals surface area (Å²) in [5.41, 5.74) is 0. The monoisotopic (exact) mass is 360 g/mol. The van der Waals surface area contributed by atoms with Crippen molar-refractivity contribution < 1.29 is 14.3 Å². The highest BCUT2D eigenvalue weighted by Gasteiger charge is 2.58. The normalized spacial score (nSPS) is 35.5. The summed E-state index contributed by atoms with van der Waals surface area (Å²) >= 11 is 0. The van der Waals surface area contributed by atoms with Gasteiger partial charge in [-0.05, 0) is 38.0 Å². The highest BCUT2D eigenvalue weighted by molar-refractivity contribution is 6.06. The van der Waals surface area contributed by atoms with Gasteiger partial charge < -0.3 is 15.4 Å². The molecule has 0 aromatic rings. The summed E-state index contributed by atoms with van der Waals surface area (Å²) in [6.45, 7) is 5.14. The molecule has 2 aliphatic heterocycles. The molecule has 2 aliphatic carbocycles. The number of amides is 2. The Morgan fingerprint density at radius 2 is 1.96 bits per heavy atom. The fourth-order valence-electron chi connectivity index (χ4n) is 4.79. The minimum atomic E-state index is -0.112.